The lowest BCUT2D eigenvalue weighted by atomic mass is 9.82. The Bertz CT molecular complexity index is 210. The predicted octanol–water partition coefficient (Wildman–Crippen LogP) is 0.867. The zero-order valence-electron chi connectivity index (χ0n) is 11.4. The fraction of sp³-hybridized carbons (Fsp3) is 1.00. The highest BCUT2D eigenvalue weighted by Gasteiger charge is 2.33. The molecular weight excluding hydrogens is 218 g/mol. The molecule has 0 saturated carbocycles. The third kappa shape index (κ3) is 3.65. The molecule has 1 fully saturated rings. The van der Waals surface area contributed by atoms with Crippen molar-refractivity contribution in [3.63, 3.8) is 0 Å². The van der Waals surface area contributed by atoms with Gasteiger partial charge in [-0.05, 0) is 19.8 Å². The zero-order chi connectivity index (χ0) is 12.9. The lowest BCUT2D eigenvalue weighted by molar-refractivity contribution is -0.0927. The van der Waals surface area contributed by atoms with Crippen molar-refractivity contribution in [3.8, 4) is 0 Å². The fourth-order valence-corrected chi connectivity index (χ4v) is 2.38. The van der Waals surface area contributed by atoms with Crippen molar-refractivity contribution < 1.29 is 14.9 Å². The van der Waals surface area contributed by atoms with Crippen LogP contribution >= 0.6 is 0 Å². The molecule has 1 heterocycles. The van der Waals surface area contributed by atoms with Gasteiger partial charge in [-0.15, -0.1) is 0 Å². The Balaban J connectivity index is 2.63. The zero-order valence-corrected chi connectivity index (χ0v) is 11.4. The molecule has 0 aliphatic carbocycles. The molecule has 1 aliphatic rings. The maximum absolute atomic E-state index is 9.61. The van der Waals surface area contributed by atoms with E-state index in [1.165, 1.54) is 0 Å². The lowest BCUT2D eigenvalue weighted by Gasteiger charge is -2.43. The van der Waals surface area contributed by atoms with Crippen LogP contribution in [0.15, 0.2) is 0 Å². The van der Waals surface area contributed by atoms with Crippen LogP contribution in [-0.2, 0) is 4.74 Å². The SMILES string of the molecule is CCC(CC)(CO)CN1CC(CO)OCC1C. The molecule has 0 bridgehead atoms. The van der Waals surface area contributed by atoms with Gasteiger partial charge in [0, 0.05) is 31.2 Å². The van der Waals surface area contributed by atoms with E-state index in [-0.39, 0.29) is 24.7 Å². The number of aliphatic hydroxyl groups is 2. The van der Waals surface area contributed by atoms with Gasteiger partial charge < -0.3 is 14.9 Å². The van der Waals surface area contributed by atoms with Crippen LogP contribution in [-0.4, -0.2) is 60.2 Å². The topological polar surface area (TPSA) is 52.9 Å². The molecule has 0 aromatic heterocycles. The second-order valence-corrected chi connectivity index (χ2v) is 5.28. The molecule has 4 heteroatoms. The van der Waals surface area contributed by atoms with E-state index >= 15 is 0 Å². The Morgan fingerprint density at radius 1 is 1.29 bits per heavy atom. The molecule has 0 amide bonds. The first-order valence-electron chi connectivity index (χ1n) is 6.68. The normalized spacial score (nSPS) is 27.4. The molecule has 2 unspecified atom stereocenters. The van der Waals surface area contributed by atoms with Crippen LogP contribution < -0.4 is 0 Å². The van der Waals surface area contributed by atoms with E-state index in [4.69, 9.17) is 9.84 Å². The van der Waals surface area contributed by atoms with Crippen LogP contribution in [0.1, 0.15) is 33.6 Å². The summed E-state index contributed by atoms with van der Waals surface area (Å²) in [5.74, 6) is 0. The van der Waals surface area contributed by atoms with E-state index in [0.717, 1.165) is 25.9 Å². The van der Waals surface area contributed by atoms with Crippen molar-refractivity contribution in [3.05, 3.63) is 0 Å². The summed E-state index contributed by atoms with van der Waals surface area (Å²) in [7, 11) is 0. The minimum Gasteiger partial charge on any atom is -0.396 e. The summed E-state index contributed by atoms with van der Waals surface area (Å²) in [6.45, 7) is 9.03. The Morgan fingerprint density at radius 2 is 1.94 bits per heavy atom. The van der Waals surface area contributed by atoms with Crippen LogP contribution in [0.5, 0.6) is 0 Å². The maximum Gasteiger partial charge on any atom is 0.0933 e. The van der Waals surface area contributed by atoms with E-state index in [1.807, 2.05) is 0 Å². The Labute approximate surface area is 105 Å². The molecule has 0 spiro atoms. The van der Waals surface area contributed by atoms with Crippen LogP contribution in [0, 0.1) is 5.41 Å². The number of aliphatic hydroxyl groups excluding tert-OH is 2. The fourth-order valence-electron chi connectivity index (χ4n) is 2.38. The number of ether oxygens (including phenoxy) is 1. The molecule has 102 valence electrons. The van der Waals surface area contributed by atoms with Gasteiger partial charge in [0.15, 0.2) is 0 Å². The Hall–Kier alpha value is -0.160. The van der Waals surface area contributed by atoms with Crippen molar-refractivity contribution in [2.24, 2.45) is 5.41 Å². The molecule has 1 saturated heterocycles. The van der Waals surface area contributed by atoms with Gasteiger partial charge in [0.05, 0.1) is 19.3 Å². The smallest absolute Gasteiger partial charge is 0.0933 e. The Morgan fingerprint density at radius 3 is 2.41 bits per heavy atom. The van der Waals surface area contributed by atoms with Crippen molar-refractivity contribution in [2.75, 3.05) is 32.9 Å². The van der Waals surface area contributed by atoms with Gasteiger partial charge in [-0.2, -0.15) is 0 Å². The average Bonchev–Trinajstić information content (AvgIpc) is 2.38. The highest BCUT2D eigenvalue weighted by molar-refractivity contribution is 4.85. The van der Waals surface area contributed by atoms with E-state index in [0.29, 0.717) is 12.6 Å². The molecule has 1 rings (SSSR count). The molecule has 1 aliphatic heterocycles. The Kier molecular flexibility index (Phi) is 5.86. The molecular formula is C13H27NO3. The van der Waals surface area contributed by atoms with Gasteiger partial charge in [0.2, 0.25) is 0 Å². The summed E-state index contributed by atoms with van der Waals surface area (Å²) in [4.78, 5) is 2.34. The second-order valence-electron chi connectivity index (χ2n) is 5.28. The second kappa shape index (κ2) is 6.69. The quantitative estimate of drug-likeness (QED) is 0.729. The third-order valence-electron chi connectivity index (χ3n) is 4.21. The third-order valence-corrected chi connectivity index (χ3v) is 4.21. The summed E-state index contributed by atoms with van der Waals surface area (Å²) < 4.78 is 5.53. The van der Waals surface area contributed by atoms with Crippen molar-refractivity contribution in [1.82, 2.24) is 4.90 Å². The number of nitrogens with zero attached hydrogens (tertiary/aromatic N) is 1. The lowest BCUT2D eigenvalue weighted by Crippen LogP contribution is -2.53. The highest BCUT2D eigenvalue weighted by Crippen LogP contribution is 2.28. The van der Waals surface area contributed by atoms with Crippen LogP contribution in [0.3, 0.4) is 0 Å². The minimum atomic E-state index is -0.0729. The van der Waals surface area contributed by atoms with Gasteiger partial charge >= 0.3 is 0 Å². The van der Waals surface area contributed by atoms with Crippen molar-refractivity contribution >= 4 is 0 Å². The van der Waals surface area contributed by atoms with Crippen molar-refractivity contribution in [1.29, 1.82) is 0 Å². The van der Waals surface area contributed by atoms with Gasteiger partial charge in [-0.25, -0.2) is 0 Å². The summed E-state index contributed by atoms with van der Waals surface area (Å²) in [5.41, 5.74) is -0.00833. The number of hydrogen-bond acceptors (Lipinski definition) is 4. The molecule has 0 aromatic rings. The minimum absolute atomic E-state index is 0.00833. The predicted molar refractivity (Wildman–Crippen MR) is 68.0 cm³/mol. The molecule has 2 atom stereocenters. The summed E-state index contributed by atoms with van der Waals surface area (Å²) in [5, 5.41) is 18.8. The van der Waals surface area contributed by atoms with Crippen molar-refractivity contribution in [2.45, 2.75) is 45.8 Å². The molecule has 4 nitrogen and oxygen atoms in total. The molecule has 0 radical (unpaired) electrons. The molecule has 0 aromatic carbocycles. The average molecular weight is 245 g/mol. The van der Waals surface area contributed by atoms with E-state index in [1.54, 1.807) is 0 Å². The summed E-state index contributed by atoms with van der Waals surface area (Å²) >= 11 is 0. The van der Waals surface area contributed by atoms with E-state index < -0.39 is 0 Å². The molecule has 17 heavy (non-hydrogen) atoms. The van der Waals surface area contributed by atoms with Crippen LogP contribution in [0.4, 0.5) is 0 Å². The van der Waals surface area contributed by atoms with E-state index in [2.05, 4.69) is 25.7 Å². The number of rotatable bonds is 6. The first-order chi connectivity index (χ1) is 8.10. The summed E-state index contributed by atoms with van der Waals surface area (Å²) in [6, 6.07) is 0.363. The number of hydrogen-bond donors (Lipinski definition) is 2. The maximum atomic E-state index is 9.61. The largest absolute Gasteiger partial charge is 0.396 e. The van der Waals surface area contributed by atoms with Gasteiger partial charge in [0.25, 0.3) is 0 Å². The van der Waals surface area contributed by atoms with E-state index in [9.17, 15) is 5.11 Å². The summed E-state index contributed by atoms with van der Waals surface area (Å²) in [6.07, 6.45) is 1.89. The van der Waals surface area contributed by atoms with Gasteiger partial charge in [-0.1, -0.05) is 13.8 Å². The molecule has 2 N–H and O–H groups in total. The van der Waals surface area contributed by atoms with Crippen LogP contribution in [0.25, 0.3) is 0 Å². The van der Waals surface area contributed by atoms with Gasteiger partial charge in [0.1, 0.15) is 0 Å². The standard InChI is InChI=1S/C13H27NO3/c1-4-13(5-2,10-16)9-14-6-12(7-15)17-8-11(14)3/h11-12,15-16H,4-10H2,1-3H3. The monoisotopic (exact) mass is 245 g/mol. The van der Waals surface area contributed by atoms with Crippen LogP contribution in [0.2, 0.25) is 0 Å². The first kappa shape index (κ1) is 14.9. The number of morpholine rings is 1. The van der Waals surface area contributed by atoms with Gasteiger partial charge in [-0.3, -0.25) is 4.90 Å². The highest BCUT2D eigenvalue weighted by atomic mass is 16.5. The first-order valence-corrected chi connectivity index (χ1v) is 6.68.